The average Bonchev–Trinajstić information content (AvgIpc) is 2.35. The van der Waals surface area contributed by atoms with E-state index in [4.69, 9.17) is 5.11 Å². The van der Waals surface area contributed by atoms with E-state index in [1.807, 2.05) is 0 Å². The Morgan fingerprint density at radius 1 is 1.35 bits per heavy atom. The molecule has 7 heteroatoms. The number of aliphatic hydroxyl groups excluding tert-OH is 1. The molecule has 0 bridgehead atoms. The van der Waals surface area contributed by atoms with E-state index in [-0.39, 0.29) is 5.56 Å². The van der Waals surface area contributed by atoms with Gasteiger partial charge in [0, 0.05) is 11.8 Å². The van der Waals surface area contributed by atoms with Gasteiger partial charge in [-0.2, -0.15) is 13.2 Å². The molecule has 0 fully saturated rings. The van der Waals surface area contributed by atoms with Crippen LogP contribution in [0.5, 0.6) is 0 Å². The number of benzene rings is 1. The topological polar surface area (TPSA) is 49.7 Å². The molecule has 1 rings (SSSR count). The quantitative estimate of drug-likeness (QED) is 0.870. The normalized spacial score (nSPS) is 14.8. The summed E-state index contributed by atoms with van der Waals surface area (Å²) in [5.74, 6) is -4.85. The molecule has 0 spiro atoms. The van der Waals surface area contributed by atoms with Crippen LogP contribution in [0.1, 0.15) is 31.9 Å². The van der Waals surface area contributed by atoms with Crippen molar-refractivity contribution < 1.29 is 22.5 Å². The minimum Gasteiger partial charge on any atom is -0.390 e. The lowest BCUT2D eigenvalue weighted by molar-refractivity contribution is -0.0582. The van der Waals surface area contributed by atoms with Gasteiger partial charge >= 0.3 is 0 Å². The molecule has 20 heavy (non-hydrogen) atoms. The van der Waals surface area contributed by atoms with Crippen molar-refractivity contribution in [3.05, 3.63) is 35.1 Å². The molecule has 0 amide bonds. The van der Waals surface area contributed by atoms with Crippen LogP contribution in [0.25, 0.3) is 0 Å². The molecule has 0 saturated carbocycles. The highest BCUT2D eigenvalue weighted by Crippen LogP contribution is 2.30. The Morgan fingerprint density at radius 2 is 1.95 bits per heavy atom. The fraction of sp³-hybridized carbons (Fsp3) is 0.462. The van der Waals surface area contributed by atoms with Crippen LogP contribution in [0, 0.1) is 5.82 Å². The highest BCUT2D eigenvalue weighted by molar-refractivity contribution is 7.85. The van der Waals surface area contributed by atoms with E-state index in [0.717, 1.165) is 12.3 Å². The van der Waals surface area contributed by atoms with E-state index in [9.17, 15) is 17.4 Å². The first-order valence-corrected chi connectivity index (χ1v) is 6.94. The van der Waals surface area contributed by atoms with Crippen LogP contribution in [0.2, 0.25) is 0 Å². The van der Waals surface area contributed by atoms with Gasteiger partial charge in [-0.3, -0.25) is 0 Å². The fourth-order valence-corrected chi connectivity index (χ4v) is 1.81. The first-order valence-electron chi connectivity index (χ1n) is 5.83. The molecule has 0 aliphatic carbocycles. The van der Waals surface area contributed by atoms with Crippen LogP contribution in [0.3, 0.4) is 0 Å². The van der Waals surface area contributed by atoms with Gasteiger partial charge in [-0.1, -0.05) is 12.1 Å². The van der Waals surface area contributed by atoms with E-state index in [2.05, 4.69) is 4.40 Å². The van der Waals surface area contributed by atoms with Crippen LogP contribution < -0.4 is 0 Å². The van der Waals surface area contributed by atoms with Crippen LogP contribution in [0.4, 0.5) is 13.2 Å². The molecule has 1 N–H and O–H groups in total. The number of hydrogen-bond donors (Lipinski definition) is 1. The molecule has 1 aromatic carbocycles. The predicted octanol–water partition coefficient (Wildman–Crippen LogP) is 2.79. The zero-order valence-electron chi connectivity index (χ0n) is 11.4. The molecule has 0 heterocycles. The van der Waals surface area contributed by atoms with Gasteiger partial charge in [-0.05, 0) is 26.8 Å². The first kappa shape index (κ1) is 16.8. The first-order chi connectivity index (χ1) is 9.09. The lowest BCUT2D eigenvalue weighted by Crippen LogP contribution is -2.21. The van der Waals surface area contributed by atoms with Crippen molar-refractivity contribution in [2.24, 2.45) is 4.40 Å². The van der Waals surface area contributed by atoms with E-state index >= 15 is 0 Å². The molecule has 0 aromatic heterocycles. The average molecular weight is 307 g/mol. The van der Waals surface area contributed by atoms with Crippen LogP contribution in [-0.4, -0.2) is 26.9 Å². The molecular weight excluding hydrogens is 291 g/mol. The lowest BCUT2D eigenvalue weighted by Gasteiger charge is -2.15. The van der Waals surface area contributed by atoms with Gasteiger partial charge in [0.2, 0.25) is 0 Å². The standard InChI is InChI=1S/C13H16F3NO2S/c1-12(2,3)20(19)17-7-9-5-4-6-10(11(9)14)13(15,16)8-18/h4-7,18H,8H2,1-3H3. The summed E-state index contributed by atoms with van der Waals surface area (Å²) in [6.45, 7) is 3.58. The van der Waals surface area contributed by atoms with Gasteiger partial charge < -0.3 is 5.11 Å². The lowest BCUT2D eigenvalue weighted by atomic mass is 10.1. The molecule has 1 aromatic rings. The molecule has 1 unspecified atom stereocenters. The Morgan fingerprint density at radius 3 is 2.45 bits per heavy atom. The highest BCUT2D eigenvalue weighted by atomic mass is 32.2. The number of halogens is 3. The SMILES string of the molecule is CC(C)(C)S(=O)N=Cc1cccc(C(F)(F)CO)c1F. The molecule has 0 saturated heterocycles. The van der Waals surface area contributed by atoms with Crippen LogP contribution in [0.15, 0.2) is 22.6 Å². The van der Waals surface area contributed by atoms with Crippen molar-refractivity contribution >= 4 is 17.2 Å². The van der Waals surface area contributed by atoms with E-state index in [0.29, 0.717) is 0 Å². The number of rotatable bonds is 4. The van der Waals surface area contributed by atoms with E-state index < -0.39 is 39.6 Å². The minimum atomic E-state index is -3.67. The van der Waals surface area contributed by atoms with Gasteiger partial charge in [0.15, 0.2) is 0 Å². The zero-order chi connectivity index (χ0) is 15.6. The fourth-order valence-electron chi connectivity index (χ4n) is 1.28. The van der Waals surface area contributed by atoms with Crippen LogP contribution >= 0.6 is 0 Å². The maximum atomic E-state index is 13.9. The Hall–Kier alpha value is -1.21. The molecule has 0 aliphatic heterocycles. The smallest absolute Gasteiger partial charge is 0.298 e. The molecule has 112 valence electrons. The minimum absolute atomic E-state index is 0.201. The molecule has 3 nitrogen and oxygen atoms in total. The van der Waals surface area contributed by atoms with E-state index in [1.165, 1.54) is 12.1 Å². The van der Waals surface area contributed by atoms with Gasteiger partial charge in [0.1, 0.15) is 23.4 Å². The summed E-state index contributed by atoms with van der Waals surface area (Å²) in [6.07, 6.45) is 0.966. The van der Waals surface area contributed by atoms with Gasteiger partial charge in [0.05, 0.1) is 10.3 Å². The zero-order valence-corrected chi connectivity index (χ0v) is 12.2. The maximum Gasteiger partial charge on any atom is 0.298 e. The molecular formula is C13H16F3NO2S. The molecule has 1 atom stereocenters. The predicted molar refractivity (Wildman–Crippen MR) is 72.9 cm³/mol. The second-order valence-corrected chi connectivity index (χ2v) is 7.10. The number of nitrogens with zero attached hydrogens (tertiary/aromatic N) is 1. The summed E-state index contributed by atoms with van der Waals surface area (Å²) in [5, 5.41) is 8.59. The van der Waals surface area contributed by atoms with Gasteiger partial charge in [-0.15, -0.1) is 0 Å². The number of alkyl halides is 2. The number of aliphatic hydroxyl groups is 1. The molecule has 0 aliphatic rings. The van der Waals surface area contributed by atoms with Crippen LogP contribution in [-0.2, 0) is 16.9 Å². The summed E-state index contributed by atoms with van der Waals surface area (Å²) >= 11 is 0. The third-order valence-electron chi connectivity index (χ3n) is 2.43. The Balaban J connectivity index is 3.14. The molecule has 0 radical (unpaired) electrons. The Kier molecular flexibility index (Phi) is 5.10. The van der Waals surface area contributed by atoms with Crippen molar-refractivity contribution in [1.82, 2.24) is 0 Å². The van der Waals surface area contributed by atoms with Crippen molar-refractivity contribution in [1.29, 1.82) is 0 Å². The summed E-state index contributed by atoms with van der Waals surface area (Å²) in [5.41, 5.74) is -1.11. The monoisotopic (exact) mass is 307 g/mol. The van der Waals surface area contributed by atoms with Crippen molar-refractivity contribution in [3.63, 3.8) is 0 Å². The number of hydrogen-bond acceptors (Lipinski definition) is 2. The maximum absolute atomic E-state index is 13.9. The summed E-state index contributed by atoms with van der Waals surface area (Å²) in [6, 6.07) is 3.36. The second-order valence-electron chi connectivity index (χ2n) is 5.17. The third kappa shape index (κ3) is 3.89. The second kappa shape index (κ2) is 6.05. The van der Waals surface area contributed by atoms with Gasteiger partial charge in [0.25, 0.3) is 5.92 Å². The van der Waals surface area contributed by atoms with Crippen molar-refractivity contribution in [3.8, 4) is 0 Å². The van der Waals surface area contributed by atoms with Gasteiger partial charge in [-0.25, -0.2) is 8.60 Å². The highest BCUT2D eigenvalue weighted by Gasteiger charge is 2.34. The Labute approximate surface area is 118 Å². The third-order valence-corrected chi connectivity index (χ3v) is 3.78. The van der Waals surface area contributed by atoms with E-state index in [1.54, 1.807) is 20.8 Å². The summed E-state index contributed by atoms with van der Waals surface area (Å²) in [4.78, 5) is 0. The summed E-state index contributed by atoms with van der Waals surface area (Å²) < 4.78 is 55.3. The largest absolute Gasteiger partial charge is 0.390 e. The van der Waals surface area contributed by atoms with Crippen molar-refractivity contribution in [2.45, 2.75) is 31.4 Å². The van der Waals surface area contributed by atoms with Crippen molar-refractivity contribution in [2.75, 3.05) is 6.61 Å². The summed E-state index contributed by atoms with van der Waals surface area (Å²) in [7, 11) is -1.61. The Bertz CT molecular complexity index is 539.